The molecule has 0 aromatic heterocycles. The fourth-order valence-corrected chi connectivity index (χ4v) is 8.74. The van der Waals surface area contributed by atoms with E-state index in [0.717, 1.165) is 23.3 Å². The minimum atomic E-state index is -3.95. The summed E-state index contributed by atoms with van der Waals surface area (Å²) in [4.78, 5) is 26.8. The number of aliphatic carboxylic acids is 1. The summed E-state index contributed by atoms with van der Waals surface area (Å²) in [6.45, 7) is 0.330. The third kappa shape index (κ3) is 3.45. The number of benzene rings is 2. The summed E-state index contributed by atoms with van der Waals surface area (Å²) < 4.78 is 40.7. The minimum absolute atomic E-state index is 0.0619. The van der Waals surface area contributed by atoms with Crippen molar-refractivity contribution in [1.82, 2.24) is 4.90 Å². The lowest BCUT2D eigenvalue weighted by Gasteiger charge is -2.43. The average Bonchev–Trinajstić information content (AvgIpc) is 3.26. The van der Waals surface area contributed by atoms with Gasteiger partial charge in [0.25, 0.3) is 0 Å². The highest BCUT2D eigenvalue weighted by Gasteiger charge is 2.61. The lowest BCUT2D eigenvalue weighted by atomic mass is 9.78. The molecule has 1 heterocycles. The van der Waals surface area contributed by atoms with Crippen LogP contribution in [0.1, 0.15) is 49.7 Å². The summed E-state index contributed by atoms with van der Waals surface area (Å²) in [5.74, 6) is -2.08. The molecule has 0 bridgehead atoms. The highest BCUT2D eigenvalue weighted by atomic mass is 32.2. The monoisotopic (exact) mass is 485 g/mol. The fraction of sp³-hybridized carbons (Fsp3) is 0.462. The first-order chi connectivity index (χ1) is 16.3. The Kier molecular flexibility index (Phi) is 5.74. The SMILES string of the molecule is O=C(O)[C@H]1CC[C@H](C(=O)N2CCC3(S(=O)(=O)c4ccc(F)cc4)c4ccccc4CCC23)CC1. The smallest absolute Gasteiger partial charge is 0.306 e. The molecular weight excluding hydrogens is 457 g/mol. The summed E-state index contributed by atoms with van der Waals surface area (Å²) in [5.41, 5.74) is 1.71. The second kappa shape index (κ2) is 8.48. The van der Waals surface area contributed by atoms with Gasteiger partial charge in [0.05, 0.1) is 16.9 Å². The number of carbonyl (C=O) groups is 2. The molecule has 2 atom stereocenters. The highest BCUT2D eigenvalue weighted by Crippen LogP contribution is 2.53. The number of amides is 1. The Labute approximate surface area is 198 Å². The molecule has 6 nitrogen and oxygen atoms in total. The molecule has 1 amide bonds. The Morgan fingerprint density at radius 1 is 0.941 bits per heavy atom. The van der Waals surface area contributed by atoms with Crippen molar-refractivity contribution in [2.24, 2.45) is 11.8 Å². The van der Waals surface area contributed by atoms with Crippen molar-refractivity contribution in [2.75, 3.05) is 6.54 Å². The van der Waals surface area contributed by atoms with Crippen molar-refractivity contribution in [3.63, 3.8) is 0 Å². The largest absolute Gasteiger partial charge is 0.481 e. The fourth-order valence-electron chi connectivity index (χ4n) is 6.38. The molecule has 1 N–H and O–H groups in total. The van der Waals surface area contributed by atoms with Crippen LogP contribution in [0.3, 0.4) is 0 Å². The number of fused-ring (bicyclic) bond motifs is 3. The van der Waals surface area contributed by atoms with Crippen LogP contribution in [0.25, 0.3) is 0 Å². The molecular formula is C26H28FNO5S. The van der Waals surface area contributed by atoms with E-state index in [-0.39, 0.29) is 23.1 Å². The summed E-state index contributed by atoms with van der Waals surface area (Å²) in [7, 11) is -3.95. The van der Waals surface area contributed by atoms with Crippen molar-refractivity contribution in [1.29, 1.82) is 0 Å². The zero-order valence-corrected chi connectivity index (χ0v) is 19.6. The van der Waals surface area contributed by atoms with Crippen LogP contribution in [-0.4, -0.2) is 42.9 Å². The number of rotatable bonds is 4. The summed E-state index contributed by atoms with van der Waals surface area (Å²) in [5, 5.41) is 9.29. The molecule has 1 saturated heterocycles. The maximum Gasteiger partial charge on any atom is 0.306 e. The van der Waals surface area contributed by atoms with E-state index in [1.165, 1.54) is 12.1 Å². The van der Waals surface area contributed by atoms with Crippen LogP contribution >= 0.6 is 0 Å². The standard InChI is InChI=1S/C26H28FNO5S/c27-20-10-12-21(13-11-20)34(32,33)26-15-16-28(23(26)14-9-17-3-1-2-4-22(17)26)24(29)18-5-7-19(8-6-18)25(30)31/h1-4,10-13,18-19,23H,5-9,14-16H2,(H,30,31)/t18-,19-,23?,26?. The van der Waals surface area contributed by atoms with Gasteiger partial charge in [0.2, 0.25) is 5.91 Å². The van der Waals surface area contributed by atoms with E-state index in [0.29, 0.717) is 45.1 Å². The maximum atomic E-state index is 14.2. The van der Waals surface area contributed by atoms with Gasteiger partial charge in [-0.1, -0.05) is 24.3 Å². The number of sulfone groups is 1. The first-order valence-electron chi connectivity index (χ1n) is 11.9. The lowest BCUT2D eigenvalue weighted by Crippen LogP contribution is -2.53. The molecule has 2 unspecified atom stereocenters. The molecule has 5 rings (SSSR count). The van der Waals surface area contributed by atoms with Gasteiger partial charge in [0, 0.05) is 12.5 Å². The van der Waals surface area contributed by atoms with Crippen LogP contribution in [-0.2, 0) is 30.6 Å². The van der Waals surface area contributed by atoms with E-state index in [1.54, 1.807) is 4.90 Å². The lowest BCUT2D eigenvalue weighted by molar-refractivity contribution is -0.146. The predicted octanol–water partition coefficient (Wildman–Crippen LogP) is 3.93. The quantitative estimate of drug-likeness (QED) is 0.663. The summed E-state index contributed by atoms with van der Waals surface area (Å²) >= 11 is 0. The number of hydrogen-bond donors (Lipinski definition) is 1. The van der Waals surface area contributed by atoms with Crippen LogP contribution in [0.15, 0.2) is 53.4 Å². The number of aryl methyl sites for hydroxylation is 1. The number of carboxylic acid groups (broad SMARTS) is 1. The average molecular weight is 486 g/mol. The van der Waals surface area contributed by atoms with Crippen molar-refractivity contribution >= 4 is 21.7 Å². The van der Waals surface area contributed by atoms with E-state index in [2.05, 4.69) is 0 Å². The number of halogens is 1. The van der Waals surface area contributed by atoms with Gasteiger partial charge in [-0.2, -0.15) is 0 Å². The van der Waals surface area contributed by atoms with Crippen LogP contribution in [0.2, 0.25) is 0 Å². The molecule has 180 valence electrons. The van der Waals surface area contributed by atoms with Crippen molar-refractivity contribution in [3.8, 4) is 0 Å². The number of likely N-dealkylation sites (tertiary alicyclic amines) is 1. The molecule has 1 saturated carbocycles. The zero-order valence-electron chi connectivity index (χ0n) is 18.8. The Morgan fingerprint density at radius 3 is 2.26 bits per heavy atom. The Morgan fingerprint density at radius 2 is 1.59 bits per heavy atom. The van der Waals surface area contributed by atoms with Gasteiger partial charge in [-0.25, -0.2) is 12.8 Å². The zero-order chi connectivity index (χ0) is 24.1. The number of carbonyl (C=O) groups excluding carboxylic acids is 1. The molecule has 2 aliphatic carbocycles. The van der Waals surface area contributed by atoms with E-state index in [4.69, 9.17) is 0 Å². The van der Waals surface area contributed by atoms with Gasteiger partial charge in [-0.05, 0) is 80.3 Å². The molecule has 1 aliphatic heterocycles. The third-order valence-corrected chi connectivity index (χ3v) is 10.7. The molecule has 0 spiro atoms. The van der Waals surface area contributed by atoms with E-state index in [9.17, 15) is 27.5 Å². The van der Waals surface area contributed by atoms with Gasteiger partial charge in [0.15, 0.2) is 9.84 Å². The maximum absolute atomic E-state index is 14.2. The third-order valence-electron chi connectivity index (χ3n) is 8.11. The Balaban J connectivity index is 1.53. The molecule has 2 aromatic rings. The minimum Gasteiger partial charge on any atom is -0.481 e. The molecule has 8 heteroatoms. The van der Waals surface area contributed by atoms with Gasteiger partial charge in [0.1, 0.15) is 10.6 Å². The normalized spacial score (nSPS) is 28.7. The highest BCUT2D eigenvalue weighted by molar-refractivity contribution is 7.92. The van der Waals surface area contributed by atoms with Crippen molar-refractivity contribution in [2.45, 2.75) is 60.6 Å². The topological polar surface area (TPSA) is 91.8 Å². The van der Waals surface area contributed by atoms with Crippen LogP contribution in [0.5, 0.6) is 0 Å². The number of nitrogens with zero attached hydrogens (tertiary/aromatic N) is 1. The molecule has 2 aromatic carbocycles. The first kappa shape index (κ1) is 23.0. The van der Waals surface area contributed by atoms with E-state index >= 15 is 0 Å². The number of carboxylic acids is 1. The molecule has 3 aliphatic rings. The second-order valence-corrected chi connectivity index (χ2v) is 11.9. The van der Waals surface area contributed by atoms with E-state index < -0.39 is 38.3 Å². The van der Waals surface area contributed by atoms with Gasteiger partial charge < -0.3 is 10.0 Å². The first-order valence-corrected chi connectivity index (χ1v) is 13.4. The van der Waals surface area contributed by atoms with Gasteiger partial charge in [-0.3, -0.25) is 9.59 Å². The Hall–Kier alpha value is -2.74. The number of hydrogen-bond acceptors (Lipinski definition) is 4. The van der Waals surface area contributed by atoms with Crippen LogP contribution < -0.4 is 0 Å². The van der Waals surface area contributed by atoms with Crippen molar-refractivity contribution in [3.05, 3.63) is 65.5 Å². The van der Waals surface area contributed by atoms with E-state index in [1.807, 2.05) is 24.3 Å². The second-order valence-electron chi connectivity index (χ2n) is 9.73. The molecule has 2 fully saturated rings. The summed E-state index contributed by atoms with van der Waals surface area (Å²) in [6, 6.07) is 12.0. The summed E-state index contributed by atoms with van der Waals surface area (Å²) in [6.07, 6.45) is 3.44. The molecule has 0 radical (unpaired) electrons. The van der Waals surface area contributed by atoms with Crippen LogP contribution in [0.4, 0.5) is 4.39 Å². The van der Waals surface area contributed by atoms with Gasteiger partial charge in [-0.15, -0.1) is 0 Å². The predicted molar refractivity (Wildman–Crippen MR) is 123 cm³/mol. The van der Waals surface area contributed by atoms with Crippen molar-refractivity contribution < 1.29 is 27.5 Å². The Bertz CT molecular complexity index is 1220. The van der Waals surface area contributed by atoms with Crippen LogP contribution in [0, 0.1) is 17.7 Å². The molecule has 34 heavy (non-hydrogen) atoms. The van der Waals surface area contributed by atoms with Gasteiger partial charge >= 0.3 is 5.97 Å².